The van der Waals surface area contributed by atoms with Crippen LogP contribution in [0.4, 0.5) is 5.82 Å². The van der Waals surface area contributed by atoms with Gasteiger partial charge in [0.05, 0.1) is 24.2 Å². The minimum atomic E-state index is -0.242. The lowest BCUT2D eigenvalue weighted by atomic mass is 9.85. The average molecular weight is 481 g/mol. The zero-order valence-corrected chi connectivity index (χ0v) is 19.9. The van der Waals surface area contributed by atoms with Crippen molar-refractivity contribution in [1.82, 2.24) is 25.0 Å². The van der Waals surface area contributed by atoms with Gasteiger partial charge in [0.25, 0.3) is 5.95 Å². The summed E-state index contributed by atoms with van der Waals surface area (Å²) in [6.45, 7) is 4.40. The number of hydrogen-bond acceptors (Lipinski definition) is 7. The van der Waals surface area contributed by atoms with Crippen LogP contribution in [0.15, 0.2) is 54.7 Å². The fourth-order valence-corrected chi connectivity index (χ4v) is 4.36. The first kappa shape index (κ1) is 23.1. The molecule has 0 saturated carbocycles. The molecule has 9 nitrogen and oxygen atoms in total. The monoisotopic (exact) mass is 480 g/mol. The molecule has 3 heterocycles. The maximum absolute atomic E-state index is 12.8. The van der Waals surface area contributed by atoms with E-state index in [0.29, 0.717) is 29.6 Å². The Hall–Kier alpha value is -4.71. The smallest absolute Gasteiger partial charge is 0.272 e. The molecule has 0 radical (unpaired) electrons. The Balaban J connectivity index is 1.57. The molecule has 1 amide bonds. The number of anilines is 1. The third kappa shape index (κ3) is 4.36. The van der Waals surface area contributed by atoms with E-state index in [4.69, 9.17) is 15.9 Å². The normalized spacial score (nSPS) is 14.5. The first-order chi connectivity index (χ1) is 17.6. The maximum atomic E-state index is 12.8. The van der Waals surface area contributed by atoms with Gasteiger partial charge in [-0.15, -0.1) is 11.5 Å². The van der Waals surface area contributed by atoms with Gasteiger partial charge in [-0.1, -0.05) is 42.3 Å². The SMILES string of the molecule is C#CCOc1ccc([C@@H]2CC(=O)Nc3c2c(C)nn3-c2nncc(-c3ccccc3)n2)cc1OCC. The summed E-state index contributed by atoms with van der Waals surface area (Å²) in [6, 6.07) is 15.3. The summed E-state index contributed by atoms with van der Waals surface area (Å²) in [7, 11) is 0. The van der Waals surface area contributed by atoms with Gasteiger partial charge >= 0.3 is 0 Å². The number of aryl methyl sites for hydroxylation is 1. The second-order valence-electron chi connectivity index (χ2n) is 8.20. The van der Waals surface area contributed by atoms with Gasteiger partial charge in [0.15, 0.2) is 11.5 Å². The van der Waals surface area contributed by atoms with E-state index in [1.165, 1.54) is 0 Å². The minimum Gasteiger partial charge on any atom is -0.490 e. The zero-order chi connectivity index (χ0) is 25.1. The van der Waals surface area contributed by atoms with Gasteiger partial charge in [0.2, 0.25) is 5.91 Å². The highest BCUT2D eigenvalue weighted by Crippen LogP contribution is 2.42. The number of ether oxygens (including phenoxy) is 2. The van der Waals surface area contributed by atoms with Crippen molar-refractivity contribution in [3.63, 3.8) is 0 Å². The van der Waals surface area contributed by atoms with Crippen LogP contribution in [0.5, 0.6) is 11.5 Å². The van der Waals surface area contributed by atoms with Crippen LogP contribution >= 0.6 is 0 Å². The second-order valence-corrected chi connectivity index (χ2v) is 8.20. The van der Waals surface area contributed by atoms with E-state index in [-0.39, 0.29) is 30.8 Å². The molecule has 0 bridgehead atoms. The highest BCUT2D eigenvalue weighted by molar-refractivity contribution is 5.95. The number of carbonyl (C=O) groups is 1. The van der Waals surface area contributed by atoms with E-state index < -0.39 is 0 Å². The van der Waals surface area contributed by atoms with Crippen LogP contribution in [0, 0.1) is 19.3 Å². The molecular weight excluding hydrogens is 456 g/mol. The molecule has 1 atom stereocenters. The second kappa shape index (κ2) is 9.88. The van der Waals surface area contributed by atoms with Crippen molar-refractivity contribution >= 4 is 11.7 Å². The number of hydrogen-bond donors (Lipinski definition) is 1. The Kier molecular flexibility index (Phi) is 6.33. The van der Waals surface area contributed by atoms with Gasteiger partial charge in [0, 0.05) is 23.5 Å². The van der Waals surface area contributed by atoms with Crippen molar-refractivity contribution in [2.24, 2.45) is 0 Å². The van der Waals surface area contributed by atoms with Gasteiger partial charge in [0.1, 0.15) is 12.4 Å². The van der Waals surface area contributed by atoms with Crippen LogP contribution in [0.1, 0.15) is 36.1 Å². The highest BCUT2D eigenvalue weighted by Gasteiger charge is 2.34. The molecule has 0 aliphatic carbocycles. The van der Waals surface area contributed by atoms with Crippen LogP contribution in [0.2, 0.25) is 0 Å². The first-order valence-electron chi connectivity index (χ1n) is 11.6. The molecule has 9 heteroatoms. The van der Waals surface area contributed by atoms with Gasteiger partial charge < -0.3 is 14.8 Å². The van der Waals surface area contributed by atoms with E-state index in [0.717, 1.165) is 22.4 Å². The molecule has 180 valence electrons. The molecule has 0 saturated heterocycles. The van der Waals surface area contributed by atoms with Crippen LogP contribution in [0.25, 0.3) is 17.2 Å². The first-order valence-corrected chi connectivity index (χ1v) is 11.6. The lowest BCUT2D eigenvalue weighted by Crippen LogP contribution is -2.25. The van der Waals surface area contributed by atoms with Gasteiger partial charge in [-0.25, -0.2) is 4.98 Å². The number of aromatic nitrogens is 5. The number of benzene rings is 2. The van der Waals surface area contributed by atoms with Gasteiger partial charge in [-0.2, -0.15) is 14.9 Å². The zero-order valence-electron chi connectivity index (χ0n) is 19.9. The maximum Gasteiger partial charge on any atom is 0.272 e. The van der Waals surface area contributed by atoms with E-state index >= 15 is 0 Å². The summed E-state index contributed by atoms with van der Waals surface area (Å²) in [5, 5.41) is 16.0. The number of nitrogens with zero attached hydrogens (tertiary/aromatic N) is 5. The van der Waals surface area contributed by atoms with Crippen LogP contribution in [-0.4, -0.2) is 44.1 Å². The predicted molar refractivity (Wildman–Crippen MR) is 134 cm³/mol. The van der Waals surface area contributed by atoms with Crippen molar-refractivity contribution in [3.05, 3.63) is 71.5 Å². The van der Waals surface area contributed by atoms with Crippen LogP contribution in [0.3, 0.4) is 0 Å². The largest absolute Gasteiger partial charge is 0.490 e. The lowest BCUT2D eigenvalue weighted by molar-refractivity contribution is -0.116. The average Bonchev–Trinajstić information content (AvgIpc) is 3.24. The van der Waals surface area contributed by atoms with E-state index in [1.54, 1.807) is 10.9 Å². The molecule has 4 aromatic rings. The van der Waals surface area contributed by atoms with E-state index in [1.807, 2.05) is 62.4 Å². The molecule has 1 N–H and O–H groups in total. The number of nitrogens with one attached hydrogen (secondary N) is 1. The standard InChI is InChI=1S/C27H24N6O3/c1-4-13-36-22-12-11-19(14-23(22)35-5-2)20-15-24(34)30-26-25(20)17(3)32-33(26)27-29-21(16-28-31-27)18-9-7-6-8-10-18/h1,6-12,14,16,20H,5,13,15H2,2-3H3,(H,30,34)/t20-/m0/s1. The number of fused-ring (bicyclic) bond motifs is 1. The molecule has 0 fully saturated rings. The number of rotatable bonds is 7. The summed E-state index contributed by atoms with van der Waals surface area (Å²) in [6.07, 6.45) is 7.20. The highest BCUT2D eigenvalue weighted by atomic mass is 16.5. The van der Waals surface area contributed by atoms with Crippen LogP contribution in [-0.2, 0) is 4.79 Å². The number of amides is 1. The van der Waals surface area contributed by atoms with E-state index in [2.05, 4.69) is 31.5 Å². The number of carbonyl (C=O) groups excluding carboxylic acids is 1. The summed E-state index contributed by atoms with van der Waals surface area (Å²) in [5.41, 5.74) is 4.12. The Bertz CT molecular complexity index is 1460. The van der Waals surface area contributed by atoms with Gasteiger partial charge in [-0.3, -0.25) is 4.79 Å². The topological polar surface area (TPSA) is 104 Å². The minimum absolute atomic E-state index is 0.133. The summed E-state index contributed by atoms with van der Waals surface area (Å²) >= 11 is 0. The van der Waals surface area contributed by atoms with Crippen molar-refractivity contribution in [1.29, 1.82) is 0 Å². The quantitative estimate of drug-likeness (QED) is 0.400. The molecule has 5 rings (SSSR count). The number of terminal acetylenes is 1. The Morgan fingerprint density at radius 1 is 1.17 bits per heavy atom. The fourth-order valence-electron chi connectivity index (χ4n) is 4.36. The molecule has 2 aromatic heterocycles. The van der Waals surface area contributed by atoms with Crippen LogP contribution < -0.4 is 14.8 Å². The molecule has 0 unspecified atom stereocenters. The molecule has 36 heavy (non-hydrogen) atoms. The third-order valence-electron chi connectivity index (χ3n) is 5.89. The van der Waals surface area contributed by atoms with Crippen molar-refractivity contribution in [2.45, 2.75) is 26.2 Å². The van der Waals surface area contributed by atoms with Crippen molar-refractivity contribution in [3.8, 4) is 41.0 Å². The fraction of sp³-hybridized carbons (Fsp3) is 0.222. The molecule has 1 aliphatic rings. The predicted octanol–water partition coefficient (Wildman–Crippen LogP) is 3.92. The van der Waals surface area contributed by atoms with Gasteiger partial charge in [-0.05, 0) is 31.5 Å². The molecule has 0 spiro atoms. The van der Waals surface area contributed by atoms with Crippen molar-refractivity contribution < 1.29 is 14.3 Å². The Morgan fingerprint density at radius 2 is 2.00 bits per heavy atom. The Labute approximate surface area is 208 Å². The van der Waals surface area contributed by atoms with Crippen molar-refractivity contribution in [2.75, 3.05) is 18.5 Å². The van der Waals surface area contributed by atoms with E-state index in [9.17, 15) is 4.79 Å². The summed E-state index contributed by atoms with van der Waals surface area (Å²) in [5.74, 6) is 4.03. The third-order valence-corrected chi connectivity index (χ3v) is 5.89. The lowest BCUT2D eigenvalue weighted by Gasteiger charge is -2.25. The molecule has 2 aromatic carbocycles. The molecular formula is C27H24N6O3. The Morgan fingerprint density at radius 3 is 2.78 bits per heavy atom. The summed E-state index contributed by atoms with van der Waals surface area (Å²) < 4.78 is 13.0. The summed E-state index contributed by atoms with van der Waals surface area (Å²) in [4.78, 5) is 17.5. The molecule has 1 aliphatic heterocycles.